The molecule has 5 heteroatoms. The van der Waals surface area contributed by atoms with Crippen LogP contribution in [0.2, 0.25) is 0 Å². The van der Waals surface area contributed by atoms with E-state index in [2.05, 4.69) is 40.3 Å². The lowest BCUT2D eigenvalue weighted by molar-refractivity contribution is -0.870. The monoisotopic (exact) mass is 667 g/mol. The van der Waals surface area contributed by atoms with E-state index in [4.69, 9.17) is 5.73 Å². The molecule has 6 unspecified atom stereocenters. The molecule has 0 aliphatic heterocycles. The number of aliphatic hydroxyl groups is 2. The molecule has 47 heavy (non-hydrogen) atoms. The molecule has 1 saturated carbocycles. The summed E-state index contributed by atoms with van der Waals surface area (Å²) < 4.78 is 0.989. The van der Waals surface area contributed by atoms with Crippen LogP contribution in [0.15, 0.2) is 0 Å². The molecule has 0 bridgehead atoms. The fourth-order valence-electron chi connectivity index (χ4n) is 8.63. The van der Waals surface area contributed by atoms with Crippen LogP contribution in [0.1, 0.15) is 200 Å². The maximum Gasteiger partial charge on any atom is 0.104 e. The van der Waals surface area contributed by atoms with Crippen LogP contribution in [0.25, 0.3) is 0 Å². The van der Waals surface area contributed by atoms with Gasteiger partial charge in [0.05, 0.1) is 27.7 Å². The topological polar surface area (TPSA) is 78.5 Å². The molecule has 0 aromatic carbocycles. The Balaban J connectivity index is 2.55. The molecule has 0 aromatic heterocycles. The second kappa shape index (κ2) is 29.5. The highest BCUT2D eigenvalue weighted by Gasteiger charge is 2.37. The van der Waals surface area contributed by atoms with Crippen LogP contribution in [-0.2, 0) is 0 Å². The van der Waals surface area contributed by atoms with Gasteiger partial charge in [0.15, 0.2) is 0 Å². The minimum Gasteiger partial charge on any atom is -0.379 e. The van der Waals surface area contributed by atoms with E-state index in [-0.39, 0.29) is 6.23 Å². The van der Waals surface area contributed by atoms with Crippen molar-refractivity contribution in [1.29, 1.82) is 0 Å². The fraction of sp³-hybridized carbons (Fsp3) is 1.00. The molecule has 6 atom stereocenters. The number of nitrogens with one attached hydrogen (secondary N) is 1. The van der Waals surface area contributed by atoms with Gasteiger partial charge in [0.2, 0.25) is 0 Å². The van der Waals surface area contributed by atoms with Crippen molar-refractivity contribution in [1.82, 2.24) is 5.32 Å². The summed E-state index contributed by atoms with van der Waals surface area (Å²) in [7, 11) is 6.69. The summed E-state index contributed by atoms with van der Waals surface area (Å²) in [5.41, 5.74) is 5.50. The van der Waals surface area contributed by atoms with Gasteiger partial charge in [0.25, 0.3) is 0 Å². The van der Waals surface area contributed by atoms with E-state index in [0.29, 0.717) is 0 Å². The standard InChI is InChI=1S/C42H88N3O2/c1-6-8-10-20-27-37-33-34-38(28-21-16-15-19-25-32-42(47)44-35-26-36-45(3,4)5)40(39(37)29-22-11-9-7-2)30-23-17-13-12-14-18-24-31-41(43)46/h37-42,44,46-47H,6-36,43H2,1-5H3/q+1. The highest BCUT2D eigenvalue weighted by Crippen LogP contribution is 2.47. The minimum atomic E-state index is -0.627. The third-order valence-electron chi connectivity index (χ3n) is 11.5. The Morgan fingerprint density at radius 3 is 1.40 bits per heavy atom. The van der Waals surface area contributed by atoms with Gasteiger partial charge in [-0.25, -0.2) is 0 Å². The first-order chi connectivity index (χ1) is 22.7. The molecule has 5 N–H and O–H groups in total. The molecule has 0 spiro atoms. The van der Waals surface area contributed by atoms with Crippen LogP contribution in [0.3, 0.4) is 0 Å². The average molecular weight is 667 g/mol. The zero-order chi connectivity index (χ0) is 34.6. The van der Waals surface area contributed by atoms with Gasteiger partial charge in [-0.15, -0.1) is 0 Å². The number of nitrogens with zero attached hydrogens (tertiary/aromatic N) is 1. The number of hydrogen-bond acceptors (Lipinski definition) is 4. The Labute approximate surface area is 295 Å². The zero-order valence-corrected chi connectivity index (χ0v) is 32.8. The third kappa shape index (κ3) is 25.4. The second-order valence-corrected chi connectivity index (χ2v) is 16.9. The van der Waals surface area contributed by atoms with Crippen molar-refractivity contribution < 1.29 is 14.7 Å². The van der Waals surface area contributed by atoms with Gasteiger partial charge in [0, 0.05) is 13.0 Å². The summed E-state index contributed by atoms with van der Waals surface area (Å²) in [6.07, 6.45) is 37.7. The Kier molecular flexibility index (Phi) is 28.2. The predicted molar refractivity (Wildman–Crippen MR) is 206 cm³/mol. The quantitative estimate of drug-likeness (QED) is 0.0319. The van der Waals surface area contributed by atoms with Gasteiger partial charge in [0.1, 0.15) is 12.5 Å². The van der Waals surface area contributed by atoms with E-state index in [1.165, 1.54) is 154 Å². The lowest BCUT2D eigenvalue weighted by Crippen LogP contribution is -2.38. The second-order valence-electron chi connectivity index (χ2n) is 16.9. The Morgan fingerprint density at radius 1 is 0.553 bits per heavy atom. The minimum absolute atomic E-state index is 0.333. The van der Waals surface area contributed by atoms with Gasteiger partial charge in [-0.1, -0.05) is 142 Å². The Bertz CT molecular complexity index is 667. The summed E-state index contributed by atoms with van der Waals surface area (Å²) in [5.74, 6) is 3.89. The zero-order valence-electron chi connectivity index (χ0n) is 32.8. The van der Waals surface area contributed by atoms with Crippen molar-refractivity contribution in [3.8, 4) is 0 Å². The molecule has 1 fully saturated rings. The van der Waals surface area contributed by atoms with Crippen LogP contribution in [0.5, 0.6) is 0 Å². The first-order valence-corrected chi connectivity index (χ1v) is 21.3. The summed E-state index contributed by atoms with van der Waals surface area (Å²) in [6, 6.07) is 0. The lowest BCUT2D eigenvalue weighted by atomic mass is 9.61. The molecule has 0 heterocycles. The van der Waals surface area contributed by atoms with Crippen LogP contribution in [0, 0.1) is 23.7 Å². The summed E-state index contributed by atoms with van der Waals surface area (Å²) >= 11 is 0. The number of hydrogen-bond donors (Lipinski definition) is 4. The molecule has 0 radical (unpaired) electrons. The summed E-state index contributed by atoms with van der Waals surface area (Å²) in [6.45, 7) is 6.76. The maximum atomic E-state index is 10.3. The van der Waals surface area contributed by atoms with Gasteiger partial charge in [-0.05, 0) is 75.0 Å². The molecular formula is C42H88N3O2+. The largest absolute Gasteiger partial charge is 0.379 e. The van der Waals surface area contributed by atoms with Crippen molar-refractivity contribution in [2.75, 3.05) is 34.2 Å². The molecule has 282 valence electrons. The summed E-state index contributed by atoms with van der Waals surface area (Å²) in [4.78, 5) is 0. The van der Waals surface area contributed by atoms with E-state index in [0.717, 1.165) is 73.3 Å². The first kappa shape index (κ1) is 44.8. The number of unbranched alkanes of at least 4 members (excludes halogenated alkanes) is 16. The van der Waals surface area contributed by atoms with Crippen LogP contribution >= 0.6 is 0 Å². The van der Waals surface area contributed by atoms with Crippen molar-refractivity contribution in [3.05, 3.63) is 0 Å². The molecular weight excluding hydrogens is 578 g/mol. The van der Waals surface area contributed by atoms with Crippen LogP contribution in [-0.4, -0.2) is 61.4 Å². The van der Waals surface area contributed by atoms with E-state index in [1.54, 1.807) is 0 Å². The highest BCUT2D eigenvalue weighted by atomic mass is 16.3. The molecule has 0 aromatic rings. The van der Waals surface area contributed by atoms with Crippen LogP contribution < -0.4 is 11.1 Å². The molecule has 0 amide bonds. The third-order valence-corrected chi connectivity index (χ3v) is 11.5. The summed E-state index contributed by atoms with van der Waals surface area (Å²) in [5, 5.41) is 23.0. The number of rotatable bonds is 33. The van der Waals surface area contributed by atoms with Gasteiger partial charge in [-0.2, -0.15) is 0 Å². The molecule has 1 aliphatic rings. The number of quaternary nitrogens is 1. The SMILES string of the molecule is CCCCCCC1CCC(CCCCCCCC(O)NCCC[N+](C)(C)C)C(CCCCCCCCCC(N)O)C1CCCCCC. The molecule has 1 aliphatic carbocycles. The fourth-order valence-corrected chi connectivity index (χ4v) is 8.63. The number of nitrogens with two attached hydrogens (primary N) is 1. The lowest BCUT2D eigenvalue weighted by Gasteiger charge is -2.44. The van der Waals surface area contributed by atoms with E-state index < -0.39 is 6.23 Å². The predicted octanol–water partition coefficient (Wildman–Crippen LogP) is 10.7. The van der Waals surface area contributed by atoms with Crippen molar-refractivity contribution in [2.24, 2.45) is 29.4 Å². The Morgan fingerprint density at radius 2 is 0.957 bits per heavy atom. The smallest absolute Gasteiger partial charge is 0.104 e. The number of aliphatic hydroxyl groups excluding tert-OH is 2. The normalized spacial score (nSPS) is 21.7. The van der Waals surface area contributed by atoms with E-state index >= 15 is 0 Å². The van der Waals surface area contributed by atoms with Gasteiger partial charge >= 0.3 is 0 Å². The average Bonchev–Trinajstić information content (AvgIpc) is 3.02. The van der Waals surface area contributed by atoms with Gasteiger partial charge < -0.3 is 20.4 Å². The molecule has 1 rings (SSSR count). The molecule has 0 saturated heterocycles. The van der Waals surface area contributed by atoms with Crippen molar-refractivity contribution in [3.63, 3.8) is 0 Å². The Hall–Kier alpha value is -0.200. The van der Waals surface area contributed by atoms with Crippen molar-refractivity contribution in [2.45, 2.75) is 213 Å². The molecule has 5 nitrogen and oxygen atoms in total. The first-order valence-electron chi connectivity index (χ1n) is 21.3. The van der Waals surface area contributed by atoms with Crippen LogP contribution in [0.4, 0.5) is 0 Å². The highest BCUT2D eigenvalue weighted by molar-refractivity contribution is 4.88. The maximum absolute atomic E-state index is 10.3. The van der Waals surface area contributed by atoms with Crippen molar-refractivity contribution >= 4 is 0 Å². The van der Waals surface area contributed by atoms with E-state index in [1.807, 2.05) is 0 Å². The van der Waals surface area contributed by atoms with E-state index in [9.17, 15) is 10.2 Å². The van der Waals surface area contributed by atoms with Gasteiger partial charge in [-0.3, -0.25) is 5.32 Å².